The van der Waals surface area contributed by atoms with Gasteiger partial charge in [0.05, 0.1) is 11.3 Å². The van der Waals surface area contributed by atoms with E-state index in [1.54, 1.807) is 31.2 Å². The predicted octanol–water partition coefficient (Wildman–Crippen LogP) is 0.0539. The Hall–Kier alpha value is -2.74. The lowest BCUT2D eigenvalue weighted by atomic mass is 10.1. The third-order valence-corrected chi connectivity index (χ3v) is 2.65. The van der Waals surface area contributed by atoms with Crippen LogP contribution in [0, 0.1) is 6.92 Å². The second kappa shape index (κ2) is 6.62. The summed E-state index contributed by atoms with van der Waals surface area (Å²) in [6.07, 6.45) is 0. The van der Waals surface area contributed by atoms with Gasteiger partial charge in [-0.25, -0.2) is 4.98 Å². The maximum absolute atomic E-state index is 12.0. The molecular formula is C13H16N6O2. The third-order valence-electron chi connectivity index (χ3n) is 2.65. The van der Waals surface area contributed by atoms with Gasteiger partial charge in [0.15, 0.2) is 0 Å². The molecule has 1 aromatic carbocycles. The summed E-state index contributed by atoms with van der Waals surface area (Å²) in [6, 6.07) is 6.68. The van der Waals surface area contributed by atoms with Crippen molar-refractivity contribution >= 4 is 17.5 Å². The molecule has 2 aromatic rings. The van der Waals surface area contributed by atoms with Crippen molar-refractivity contribution in [1.29, 1.82) is 0 Å². The number of rotatable bonds is 5. The molecule has 8 nitrogen and oxygen atoms in total. The number of nitrogens with zero attached hydrogens (tertiary/aromatic N) is 2. The highest BCUT2D eigenvalue weighted by Crippen LogP contribution is 2.15. The molecule has 0 fully saturated rings. The summed E-state index contributed by atoms with van der Waals surface area (Å²) in [5.74, 6) is -0.236. The monoisotopic (exact) mass is 288 g/mol. The van der Waals surface area contributed by atoms with Crippen molar-refractivity contribution < 1.29 is 9.59 Å². The Morgan fingerprint density at radius 2 is 2.05 bits per heavy atom. The number of hydrogen-bond donors (Lipinski definition) is 4. The van der Waals surface area contributed by atoms with Crippen LogP contribution in [0.3, 0.4) is 0 Å². The lowest BCUT2D eigenvalue weighted by Crippen LogP contribution is -2.30. The number of carbonyl (C=O) groups excluding carboxylic acids is 2. The Balaban J connectivity index is 2.16. The summed E-state index contributed by atoms with van der Waals surface area (Å²) >= 11 is 0. The number of nitrogens with one attached hydrogen (secondary N) is 3. The topological polar surface area (TPSA) is 126 Å². The highest BCUT2D eigenvalue weighted by molar-refractivity contribution is 6.07. The van der Waals surface area contributed by atoms with Crippen molar-refractivity contribution in [3.05, 3.63) is 41.5 Å². The number of anilines is 1. The van der Waals surface area contributed by atoms with Crippen LogP contribution in [0.15, 0.2) is 24.3 Å². The van der Waals surface area contributed by atoms with Crippen molar-refractivity contribution in [3.63, 3.8) is 0 Å². The number of aromatic nitrogens is 3. The van der Waals surface area contributed by atoms with Crippen molar-refractivity contribution in [2.75, 3.05) is 18.4 Å². The molecule has 0 aliphatic rings. The number of H-pyrrole nitrogens is 1. The van der Waals surface area contributed by atoms with Gasteiger partial charge >= 0.3 is 0 Å². The van der Waals surface area contributed by atoms with E-state index in [2.05, 4.69) is 25.8 Å². The smallest absolute Gasteiger partial charge is 0.295 e. The molecular weight excluding hydrogens is 272 g/mol. The van der Waals surface area contributed by atoms with Crippen molar-refractivity contribution in [2.24, 2.45) is 5.73 Å². The fourth-order valence-corrected chi connectivity index (χ4v) is 1.69. The first-order valence-corrected chi connectivity index (χ1v) is 6.39. The summed E-state index contributed by atoms with van der Waals surface area (Å²) in [4.78, 5) is 27.9. The molecule has 0 aliphatic heterocycles. The summed E-state index contributed by atoms with van der Waals surface area (Å²) in [6.45, 7) is 2.40. The van der Waals surface area contributed by atoms with Gasteiger partial charge in [0.1, 0.15) is 5.82 Å². The van der Waals surface area contributed by atoms with Gasteiger partial charge in [-0.15, -0.1) is 5.10 Å². The first-order chi connectivity index (χ1) is 10.1. The van der Waals surface area contributed by atoms with Crippen LogP contribution >= 0.6 is 0 Å². The number of benzene rings is 1. The fraction of sp³-hybridized carbons (Fsp3) is 0.231. The van der Waals surface area contributed by atoms with E-state index >= 15 is 0 Å². The van der Waals surface area contributed by atoms with Gasteiger partial charge in [-0.3, -0.25) is 14.7 Å². The molecule has 1 aromatic heterocycles. The standard InChI is InChI=1S/C13H16N6O2/c1-8-16-11(19-18-8)13(21)17-10-5-3-2-4-9(10)12(20)15-7-6-14/h2-5H,6-7,14H2,1H3,(H,15,20)(H,17,21)(H,16,18,19). The molecule has 8 heteroatoms. The van der Waals surface area contributed by atoms with Crippen LogP contribution in [-0.4, -0.2) is 40.1 Å². The normalized spacial score (nSPS) is 10.2. The zero-order valence-electron chi connectivity index (χ0n) is 11.5. The molecule has 0 bridgehead atoms. The molecule has 0 spiro atoms. The quantitative estimate of drug-likeness (QED) is 0.618. The van der Waals surface area contributed by atoms with Gasteiger partial charge < -0.3 is 16.4 Å². The Labute approximate surface area is 121 Å². The van der Waals surface area contributed by atoms with Gasteiger partial charge in [0.25, 0.3) is 11.8 Å². The molecule has 0 saturated heterocycles. The van der Waals surface area contributed by atoms with Gasteiger partial charge in [-0.2, -0.15) is 0 Å². The van der Waals surface area contributed by atoms with E-state index in [0.29, 0.717) is 30.2 Å². The Kier molecular flexibility index (Phi) is 4.62. The summed E-state index contributed by atoms with van der Waals surface area (Å²) in [5.41, 5.74) is 6.09. The molecule has 2 amide bonds. The SMILES string of the molecule is Cc1nc(C(=O)Nc2ccccc2C(=O)NCCN)n[nH]1. The summed E-state index contributed by atoms with van der Waals surface area (Å²) in [7, 11) is 0. The maximum Gasteiger partial charge on any atom is 0.295 e. The molecule has 0 unspecified atom stereocenters. The van der Waals surface area contributed by atoms with Crippen LogP contribution in [0.2, 0.25) is 0 Å². The zero-order chi connectivity index (χ0) is 15.2. The minimum absolute atomic E-state index is 0.0182. The number of aromatic amines is 1. The largest absolute Gasteiger partial charge is 0.351 e. The number of carbonyl (C=O) groups is 2. The molecule has 1 heterocycles. The van der Waals surface area contributed by atoms with Crippen molar-refractivity contribution in [1.82, 2.24) is 20.5 Å². The maximum atomic E-state index is 12.0. The molecule has 21 heavy (non-hydrogen) atoms. The average molecular weight is 288 g/mol. The second-order valence-electron chi connectivity index (χ2n) is 4.29. The molecule has 5 N–H and O–H groups in total. The minimum Gasteiger partial charge on any atom is -0.351 e. The number of amides is 2. The van der Waals surface area contributed by atoms with E-state index in [-0.39, 0.29) is 11.7 Å². The van der Waals surface area contributed by atoms with Crippen LogP contribution in [0.4, 0.5) is 5.69 Å². The van der Waals surface area contributed by atoms with E-state index in [1.807, 2.05) is 0 Å². The van der Waals surface area contributed by atoms with Crippen LogP contribution in [0.5, 0.6) is 0 Å². The van der Waals surface area contributed by atoms with Crippen LogP contribution in [-0.2, 0) is 0 Å². The van der Waals surface area contributed by atoms with Gasteiger partial charge in [-0.05, 0) is 19.1 Å². The summed E-state index contributed by atoms with van der Waals surface area (Å²) in [5, 5.41) is 11.6. The van der Waals surface area contributed by atoms with Crippen LogP contribution in [0.25, 0.3) is 0 Å². The minimum atomic E-state index is -0.488. The van der Waals surface area contributed by atoms with E-state index in [9.17, 15) is 9.59 Å². The molecule has 0 saturated carbocycles. The summed E-state index contributed by atoms with van der Waals surface area (Å²) < 4.78 is 0. The molecule has 0 atom stereocenters. The van der Waals surface area contributed by atoms with Crippen molar-refractivity contribution in [3.8, 4) is 0 Å². The predicted molar refractivity (Wildman–Crippen MR) is 76.9 cm³/mol. The Morgan fingerprint density at radius 3 is 2.71 bits per heavy atom. The molecule has 2 rings (SSSR count). The Bertz CT molecular complexity index is 652. The lowest BCUT2D eigenvalue weighted by molar-refractivity contribution is 0.0955. The van der Waals surface area contributed by atoms with Gasteiger partial charge in [0, 0.05) is 13.1 Å². The van der Waals surface area contributed by atoms with Gasteiger partial charge in [0.2, 0.25) is 5.82 Å². The highest BCUT2D eigenvalue weighted by Gasteiger charge is 2.16. The second-order valence-corrected chi connectivity index (χ2v) is 4.29. The van der Waals surface area contributed by atoms with Crippen molar-refractivity contribution in [2.45, 2.75) is 6.92 Å². The van der Waals surface area contributed by atoms with E-state index in [4.69, 9.17) is 5.73 Å². The number of hydrogen-bond acceptors (Lipinski definition) is 5. The zero-order valence-corrected chi connectivity index (χ0v) is 11.5. The third kappa shape index (κ3) is 3.63. The van der Waals surface area contributed by atoms with Crippen LogP contribution in [0.1, 0.15) is 26.8 Å². The fourth-order valence-electron chi connectivity index (χ4n) is 1.69. The average Bonchev–Trinajstić information content (AvgIpc) is 2.92. The highest BCUT2D eigenvalue weighted by atomic mass is 16.2. The van der Waals surface area contributed by atoms with Gasteiger partial charge in [-0.1, -0.05) is 12.1 Å². The molecule has 0 radical (unpaired) electrons. The Morgan fingerprint density at radius 1 is 1.29 bits per heavy atom. The molecule has 110 valence electrons. The van der Waals surface area contributed by atoms with Crippen LogP contribution < -0.4 is 16.4 Å². The molecule has 0 aliphatic carbocycles. The number of para-hydroxylation sites is 1. The lowest BCUT2D eigenvalue weighted by Gasteiger charge is -2.09. The first kappa shape index (κ1) is 14.7. The van der Waals surface area contributed by atoms with E-state index < -0.39 is 5.91 Å². The number of aryl methyl sites for hydroxylation is 1. The van der Waals surface area contributed by atoms with E-state index in [1.165, 1.54) is 0 Å². The van der Waals surface area contributed by atoms with E-state index in [0.717, 1.165) is 0 Å². The first-order valence-electron chi connectivity index (χ1n) is 6.39. The number of nitrogens with two attached hydrogens (primary N) is 1.